The van der Waals surface area contributed by atoms with Crippen molar-refractivity contribution in [2.24, 2.45) is 5.41 Å². The maximum absolute atomic E-state index is 12.8. The standard InChI is InChI=1S/C19H23NO3S/c1-14-10-12-16(13-11-14)24(22,23)20-17(18(21)19(2,3)4)15-8-6-5-7-9-15/h5-13,17,20H,1-4H3. The monoisotopic (exact) mass is 345 g/mol. The number of nitrogens with one attached hydrogen (secondary N) is 1. The predicted octanol–water partition coefficient (Wildman–Crippen LogP) is 3.63. The number of aryl methyl sites for hydroxylation is 1. The third-order valence-electron chi connectivity index (χ3n) is 3.74. The quantitative estimate of drug-likeness (QED) is 0.900. The van der Waals surface area contributed by atoms with Crippen molar-refractivity contribution in [3.05, 3.63) is 65.7 Å². The molecule has 0 aliphatic carbocycles. The molecule has 2 aromatic rings. The maximum Gasteiger partial charge on any atom is 0.241 e. The minimum Gasteiger partial charge on any atom is -0.297 e. The number of sulfonamides is 1. The second kappa shape index (κ2) is 6.87. The van der Waals surface area contributed by atoms with Crippen LogP contribution in [0, 0.1) is 12.3 Å². The van der Waals surface area contributed by atoms with Gasteiger partial charge in [0.15, 0.2) is 5.78 Å². The zero-order valence-corrected chi connectivity index (χ0v) is 15.2. The molecule has 0 heterocycles. The molecule has 2 rings (SSSR count). The molecular formula is C19H23NO3S. The van der Waals surface area contributed by atoms with Crippen molar-refractivity contribution in [2.75, 3.05) is 0 Å². The number of benzene rings is 2. The average molecular weight is 345 g/mol. The summed E-state index contributed by atoms with van der Waals surface area (Å²) >= 11 is 0. The predicted molar refractivity (Wildman–Crippen MR) is 95.1 cm³/mol. The molecule has 1 N–H and O–H groups in total. The summed E-state index contributed by atoms with van der Waals surface area (Å²) in [6, 6.07) is 14.6. The first kappa shape index (κ1) is 18.4. The van der Waals surface area contributed by atoms with E-state index in [1.54, 1.807) is 69.3 Å². The van der Waals surface area contributed by atoms with Crippen LogP contribution in [0.3, 0.4) is 0 Å². The number of Topliss-reactive ketones (excluding diaryl/α,β-unsaturated/α-hetero) is 1. The van der Waals surface area contributed by atoms with Gasteiger partial charge in [0, 0.05) is 5.41 Å². The van der Waals surface area contributed by atoms with Gasteiger partial charge in [-0.3, -0.25) is 4.79 Å². The number of hydrogen-bond acceptors (Lipinski definition) is 3. The van der Waals surface area contributed by atoms with Gasteiger partial charge in [-0.25, -0.2) is 8.42 Å². The summed E-state index contributed by atoms with van der Waals surface area (Å²) in [5.41, 5.74) is 0.934. The molecule has 0 saturated heterocycles. The largest absolute Gasteiger partial charge is 0.297 e. The average Bonchev–Trinajstić information content (AvgIpc) is 2.52. The number of hydrogen-bond donors (Lipinski definition) is 1. The smallest absolute Gasteiger partial charge is 0.241 e. The summed E-state index contributed by atoms with van der Waals surface area (Å²) in [5, 5.41) is 0. The fourth-order valence-electron chi connectivity index (χ4n) is 2.29. The van der Waals surface area contributed by atoms with E-state index in [2.05, 4.69) is 4.72 Å². The van der Waals surface area contributed by atoms with Crippen molar-refractivity contribution in [3.63, 3.8) is 0 Å². The molecule has 0 spiro atoms. The number of carbonyl (C=O) groups excluding carboxylic acids is 1. The SMILES string of the molecule is Cc1ccc(S(=O)(=O)NC(C(=O)C(C)(C)C)c2ccccc2)cc1. The molecule has 0 fully saturated rings. The molecule has 4 nitrogen and oxygen atoms in total. The highest BCUT2D eigenvalue weighted by Gasteiger charge is 2.34. The highest BCUT2D eigenvalue weighted by molar-refractivity contribution is 7.89. The Balaban J connectivity index is 2.42. The molecule has 0 amide bonds. The highest BCUT2D eigenvalue weighted by atomic mass is 32.2. The van der Waals surface area contributed by atoms with Gasteiger partial charge in [-0.2, -0.15) is 4.72 Å². The summed E-state index contributed by atoms with van der Waals surface area (Å²) in [5.74, 6) is -0.176. The lowest BCUT2D eigenvalue weighted by molar-refractivity contribution is -0.128. The van der Waals surface area contributed by atoms with Gasteiger partial charge >= 0.3 is 0 Å². The Morgan fingerprint density at radius 3 is 2.00 bits per heavy atom. The van der Waals surface area contributed by atoms with Crippen molar-refractivity contribution in [1.29, 1.82) is 0 Å². The summed E-state index contributed by atoms with van der Waals surface area (Å²) < 4.78 is 28.0. The molecule has 0 aliphatic rings. The summed E-state index contributed by atoms with van der Waals surface area (Å²) in [6.07, 6.45) is 0. The van der Waals surface area contributed by atoms with Crippen LogP contribution in [0.2, 0.25) is 0 Å². The highest BCUT2D eigenvalue weighted by Crippen LogP contribution is 2.27. The Hall–Kier alpha value is -1.98. The lowest BCUT2D eigenvalue weighted by Gasteiger charge is -2.25. The van der Waals surface area contributed by atoms with Gasteiger partial charge in [0.1, 0.15) is 6.04 Å². The van der Waals surface area contributed by atoms with Crippen molar-refractivity contribution in [1.82, 2.24) is 4.72 Å². The summed E-state index contributed by atoms with van der Waals surface area (Å²) in [4.78, 5) is 13.0. The zero-order valence-electron chi connectivity index (χ0n) is 14.4. The van der Waals surface area contributed by atoms with Gasteiger partial charge in [0.25, 0.3) is 0 Å². The van der Waals surface area contributed by atoms with E-state index in [9.17, 15) is 13.2 Å². The van der Waals surface area contributed by atoms with E-state index in [4.69, 9.17) is 0 Å². The lowest BCUT2D eigenvalue weighted by atomic mass is 9.84. The molecular weight excluding hydrogens is 322 g/mol. The van der Waals surface area contributed by atoms with Crippen molar-refractivity contribution >= 4 is 15.8 Å². The van der Waals surface area contributed by atoms with E-state index < -0.39 is 21.5 Å². The van der Waals surface area contributed by atoms with Crippen LogP contribution < -0.4 is 4.72 Å². The van der Waals surface area contributed by atoms with Gasteiger partial charge < -0.3 is 0 Å². The third-order valence-corrected chi connectivity index (χ3v) is 5.18. The van der Waals surface area contributed by atoms with Gasteiger partial charge in [-0.1, -0.05) is 68.8 Å². The van der Waals surface area contributed by atoms with Crippen LogP contribution in [0.5, 0.6) is 0 Å². The van der Waals surface area contributed by atoms with Crippen molar-refractivity contribution < 1.29 is 13.2 Å². The van der Waals surface area contributed by atoms with Gasteiger partial charge in [-0.05, 0) is 24.6 Å². The molecule has 1 unspecified atom stereocenters. The minimum atomic E-state index is -3.80. The molecule has 5 heteroatoms. The molecule has 1 atom stereocenters. The van der Waals surface area contributed by atoms with E-state index in [1.807, 2.05) is 13.0 Å². The van der Waals surface area contributed by atoms with E-state index >= 15 is 0 Å². The fraction of sp³-hybridized carbons (Fsp3) is 0.316. The number of rotatable bonds is 5. The minimum absolute atomic E-state index is 0.149. The Kier molecular flexibility index (Phi) is 5.26. The molecule has 0 bridgehead atoms. The molecule has 2 aromatic carbocycles. The fourth-order valence-corrected chi connectivity index (χ4v) is 3.48. The van der Waals surface area contributed by atoms with Crippen LogP contribution in [0.1, 0.15) is 37.9 Å². The van der Waals surface area contributed by atoms with Crippen LogP contribution in [0.4, 0.5) is 0 Å². The van der Waals surface area contributed by atoms with E-state index in [-0.39, 0.29) is 10.7 Å². The Bertz CT molecular complexity index is 804. The normalized spacial score (nSPS) is 13.5. The Labute approximate surface area is 144 Å². The van der Waals surface area contributed by atoms with Crippen molar-refractivity contribution in [3.8, 4) is 0 Å². The molecule has 24 heavy (non-hydrogen) atoms. The van der Waals surface area contributed by atoms with Crippen LogP contribution in [-0.4, -0.2) is 14.2 Å². The van der Waals surface area contributed by atoms with Crippen LogP contribution in [0.15, 0.2) is 59.5 Å². The second-order valence-electron chi connectivity index (χ2n) is 6.89. The number of ketones is 1. The first-order valence-electron chi connectivity index (χ1n) is 7.79. The first-order valence-corrected chi connectivity index (χ1v) is 9.28. The molecule has 0 aliphatic heterocycles. The van der Waals surface area contributed by atoms with Crippen LogP contribution in [0.25, 0.3) is 0 Å². The molecule has 0 radical (unpaired) electrons. The molecule has 0 saturated carbocycles. The Morgan fingerprint density at radius 1 is 0.958 bits per heavy atom. The third kappa shape index (κ3) is 4.30. The molecule has 128 valence electrons. The van der Waals surface area contributed by atoms with Gasteiger partial charge in [-0.15, -0.1) is 0 Å². The zero-order chi connectivity index (χ0) is 18.0. The topological polar surface area (TPSA) is 63.2 Å². The summed E-state index contributed by atoms with van der Waals surface area (Å²) in [7, 11) is -3.80. The second-order valence-corrected chi connectivity index (χ2v) is 8.61. The Morgan fingerprint density at radius 2 is 1.50 bits per heavy atom. The van der Waals surface area contributed by atoms with Crippen molar-refractivity contribution in [2.45, 2.75) is 38.6 Å². The van der Waals surface area contributed by atoms with Crippen LogP contribution >= 0.6 is 0 Å². The number of carbonyl (C=O) groups is 1. The van der Waals surface area contributed by atoms with E-state index in [1.165, 1.54) is 0 Å². The maximum atomic E-state index is 12.8. The molecule has 0 aromatic heterocycles. The first-order chi connectivity index (χ1) is 11.1. The lowest BCUT2D eigenvalue weighted by Crippen LogP contribution is -2.39. The summed E-state index contributed by atoms with van der Waals surface area (Å²) in [6.45, 7) is 7.24. The van der Waals surface area contributed by atoms with E-state index in [0.717, 1.165) is 5.56 Å². The van der Waals surface area contributed by atoms with Gasteiger partial charge in [0.05, 0.1) is 4.90 Å². The van der Waals surface area contributed by atoms with E-state index in [0.29, 0.717) is 5.56 Å². The van der Waals surface area contributed by atoms with Crippen LogP contribution in [-0.2, 0) is 14.8 Å². The van der Waals surface area contributed by atoms with Gasteiger partial charge in [0.2, 0.25) is 10.0 Å².